The molecule has 1 spiro atoms. The lowest BCUT2D eigenvalue weighted by molar-refractivity contribution is 0.183. The summed E-state index contributed by atoms with van der Waals surface area (Å²) in [6, 6.07) is 11.1. The molecule has 5 rings (SSSR count). The predicted molar refractivity (Wildman–Crippen MR) is 115 cm³/mol. The number of hydrogen-bond acceptors (Lipinski definition) is 5. The smallest absolute Gasteiger partial charge is 0.127 e. The predicted octanol–water partition coefficient (Wildman–Crippen LogP) is 3.89. The highest BCUT2D eigenvalue weighted by atomic mass is 35.5. The van der Waals surface area contributed by atoms with Crippen LogP contribution in [0.25, 0.3) is 5.69 Å². The second-order valence-corrected chi connectivity index (χ2v) is 8.69. The van der Waals surface area contributed by atoms with Crippen molar-refractivity contribution >= 4 is 23.7 Å². The lowest BCUT2D eigenvalue weighted by Gasteiger charge is -2.29. The number of rotatable bonds is 6. The molecule has 1 aromatic carbocycles. The molecule has 1 unspecified atom stereocenters. The van der Waals surface area contributed by atoms with Gasteiger partial charge in [0.15, 0.2) is 0 Å². The number of aromatic nitrogens is 3. The molecule has 0 radical (unpaired) electrons. The molecule has 3 heterocycles. The first-order chi connectivity index (χ1) is 13.3. The van der Waals surface area contributed by atoms with Crippen molar-refractivity contribution in [2.75, 3.05) is 13.1 Å². The molecule has 1 saturated heterocycles. The van der Waals surface area contributed by atoms with Gasteiger partial charge in [-0.3, -0.25) is 4.90 Å². The van der Waals surface area contributed by atoms with Crippen LogP contribution >= 0.6 is 23.7 Å². The molecule has 1 aliphatic heterocycles. The van der Waals surface area contributed by atoms with Crippen molar-refractivity contribution < 1.29 is 0 Å². The Labute approximate surface area is 176 Å². The zero-order chi connectivity index (χ0) is 18.1. The van der Waals surface area contributed by atoms with Gasteiger partial charge in [0.1, 0.15) is 10.8 Å². The average molecular weight is 416 g/mol. The Morgan fingerprint density at radius 2 is 1.93 bits per heavy atom. The molecule has 2 fully saturated rings. The number of imidazole rings is 1. The summed E-state index contributed by atoms with van der Waals surface area (Å²) in [7, 11) is 0. The summed E-state index contributed by atoms with van der Waals surface area (Å²) in [5.41, 5.74) is 1.68. The van der Waals surface area contributed by atoms with E-state index in [1.165, 1.54) is 30.0 Å². The van der Waals surface area contributed by atoms with Gasteiger partial charge in [-0.15, -0.1) is 23.7 Å². The topological polar surface area (TPSA) is 46.0 Å². The van der Waals surface area contributed by atoms with Gasteiger partial charge in [-0.25, -0.2) is 9.97 Å². The first kappa shape index (κ1) is 19.6. The molecular formula is C21H26ClN5S. The second-order valence-electron chi connectivity index (χ2n) is 7.71. The van der Waals surface area contributed by atoms with Crippen molar-refractivity contribution in [2.24, 2.45) is 5.41 Å². The number of para-hydroxylation sites is 1. The van der Waals surface area contributed by atoms with Crippen molar-refractivity contribution in [2.45, 2.75) is 38.4 Å². The first-order valence-corrected chi connectivity index (χ1v) is 10.6. The fourth-order valence-corrected chi connectivity index (χ4v) is 5.18. The Morgan fingerprint density at radius 1 is 1.11 bits per heavy atom. The summed E-state index contributed by atoms with van der Waals surface area (Å²) in [4.78, 5) is 11.9. The highest BCUT2D eigenvalue weighted by molar-refractivity contribution is 7.09. The monoisotopic (exact) mass is 415 g/mol. The van der Waals surface area contributed by atoms with Crippen LogP contribution in [0.1, 0.15) is 30.1 Å². The van der Waals surface area contributed by atoms with Gasteiger partial charge in [0.25, 0.3) is 0 Å². The van der Waals surface area contributed by atoms with Gasteiger partial charge >= 0.3 is 0 Å². The molecule has 5 nitrogen and oxygen atoms in total. The molecule has 1 atom stereocenters. The van der Waals surface area contributed by atoms with E-state index in [0.717, 1.165) is 32.0 Å². The summed E-state index contributed by atoms with van der Waals surface area (Å²) < 4.78 is 2.21. The van der Waals surface area contributed by atoms with Crippen LogP contribution in [-0.4, -0.2) is 38.6 Å². The zero-order valence-electron chi connectivity index (χ0n) is 15.8. The number of nitrogens with one attached hydrogen (secondary N) is 1. The number of halogens is 1. The van der Waals surface area contributed by atoms with Gasteiger partial charge in [-0.1, -0.05) is 18.2 Å². The van der Waals surface area contributed by atoms with Gasteiger partial charge in [-0.05, 0) is 49.9 Å². The van der Waals surface area contributed by atoms with E-state index in [-0.39, 0.29) is 12.4 Å². The van der Waals surface area contributed by atoms with Gasteiger partial charge in [0.05, 0.1) is 13.1 Å². The van der Waals surface area contributed by atoms with E-state index in [9.17, 15) is 0 Å². The van der Waals surface area contributed by atoms with E-state index >= 15 is 0 Å². The Hall–Kier alpha value is -1.73. The largest absolute Gasteiger partial charge is 0.317 e. The van der Waals surface area contributed by atoms with E-state index in [1.54, 1.807) is 11.3 Å². The van der Waals surface area contributed by atoms with Gasteiger partial charge in [0, 0.05) is 35.7 Å². The SMILES string of the molecule is Cl.c1ccc(-n2ccnc2CN(Cc2nccs2)C2CC23CCNCC3)cc1. The lowest BCUT2D eigenvalue weighted by Crippen LogP contribution is -2.36. The normalized spacial score (nSPS) is 20.2. The van der Waals surface area contributed by atoms with Crippen molar-refractivity contribution in [3.63, 3.8) is 0 Å². The third-order valence-electron chi connectivity index (χ3n) is 6.10. The van der Waals surface area contributed by atoms with Crippen molar-refractivity contribution in [3.8, 4) is 5.69 Å². The van der Waals surface area contributed by atoms with E-state index in [1.807, 2.05) is 12.4 Å². The molecule has 1 saturated carbocycles. The van der Waals surface area contributed by atoms with E-state index in [2.05, 4.69) is 61.7 Å². The standard InChI is InChI=1S/C21H25N5S.ClH/c1-2-4-17(5-3-1)26-12-10-23-19(26)15-25(16-20-24-11-13-27-20)18-14-21(18)6-8-22-9-7-21;/h1-5,10-13,18,22H,6-9,14-16H2;1H. The van der Waals surface area contributed by atoms with Crippen LogP contribution in [0.3, 0.4) is 0 Å². The molecule has 1 N–H and O–H groups in total. The maximum absolute atomic E-state index is 4.70. The summed E-state index contributed by atoms with van der Waals surface area (Å²) in [6.07, 6.45) is 9.79. The molecule has 7 heteroatoms. The quantitative estimate of drug-likeness (QED) is 0.663. The minimum atomic E-state index is 0. The molecule has 0 bridgehead atoms. The fourth-order valence-electron chi connectivity index (χ4n) is 4.54. The maximum atomic E-state index is 4.70. The van der Waals surface area contributed by atoms with E-state index in [0.29, 0.717) is 11.5 Å². The molecule has 148 valence electrons. The third kappa shape index (κ3) is 3.87. The number of thiazole rings is 1. The number of hydrogen-bond donors (Lipinski definition) is 1. The average Bonchev–Trinajstić information content (AvgIpc) is 3.10. The van der Waals surface area contributed by atoms with Crippen LogP contribution in [-0.2, 0) is 13.1 Å². The summed E-state index contributed by atoms with van der Waals surface area (Å²) in [6.45, 7) is 4.08. The molecule has 28 heavy (non-hydrogen) atoms. The third-order valence-corrected chi connectivity index (χ3v) is 6.87. The van der Waals surface area contributed by atoms with Crippen molar-refractivity contribution in [3.05, 3.63) is 65.1 Å². The maximum Gasteiger partial charge on any atom is 0.127 e. The second kappa shape index (κ2) is 8.33. The van der Waals surface area contributed by atoms with Gasteiger partial charge in [0.2, 0.25) is 0 Å². The molecule has 3 aromatic rings. The number of nitrogens with zero attached hydrogens (tertiary/aromatic N) is 4. The Kier molecular flexibility index (Phi) is 5.83. The molecule has 2 aromatic heterocycles. The van der Waals surface area contributed by atoms with Gasteiger partial charge in [-0.2, -0.15) is 0 Å². The Morgan fingerprint density at radius 3 is 2.68 bits per heavy atom. The van der Waals surface area contributed by atoms with Gasteiger partial charge < -0.3 is 9.88 Å². The van der Waals surface area contributed by atoms with Crippen LogP contribution < -0.4 is 5.32 Å². The highest BCUT2D eigenvalue weighted by Gasteiger charge is 2.56. The zero-order valence-corrected chi connectivity index (χ0v) is 17.5. The van der Waals surface area contributed by atoms with Crippen LogP contribution in [0.5, 0.6) is 0 Å². The molecular weight excluding hydrogens is 390 g/mol. The Bertz CT molecular complexity index is 873. The molecule has 0 amide bonds. The summed E-state index contributed by atoms with van der Waals surface area (Å²) >= 11 is 1.75. The first-order valence-electron chi connectivity index (χ1n) is 9.75. The van der Waals surface area contributed by atoms with Crippen LogP contribution in [0, 0.1) is 5.41 Å². The minimum absolute atomic E-state index is 0. The Balaban J connectivity index is 0.00000192. The number of benzene rings is 1. The number of piperidine rings is 1. The van der Waals surface area contributed by atoms with Crippen LogP contribution in [0.2, 0.25) is 0 Å². The van der Waals surface area contributed by atoms with Crippen LogP contribution in [0.4, 0.5) is 0 Å². The fraction of sp³-hybridized carbons (Fsp3) is 0.429. The van der Waals surface area contributed by atoms with Crippen molar-refractivity contribution in [1.29, 1.82) is 0 Å². The summed E-state index contributed by atoms with van der Waals surface area (Å²) in [5.74, 6) is 1.11. The lowest BCUT2D eigenvalue weighted by atomic mass is 9.93. The molecule has 2 aliphatic rings. The minimum Gasteiger partial charge on any atom is -0.317 e. The van der Waals surface area contributed by atoms with Crippen molar-refractivity contribution in [1.82, 2.24) is 24.8 Å². The summed E-state index contributed by atoms with van der Waals surface area (Å²) in [5, 5.41) is 6.79. The van der Waals surface area contributed by atoms with E-state index < -0.39 is 0 Å². The van der Waals surface area contributed by atoms with E-state index in [4.69, 9.17) is 4.98 Å². The molecule has 1 aliphatic carbocycles. The van der Waals surface area contributed by atoms with Crippen LogP contribution in [0.15, 0.2) is 54.3 Å². The highest BCUT2D eigenvalue weighted by Crippen LogP contribution is 2.56.